The summed E-state index contributed by atoms with van der Waals surface area (Å²) < 4.78 is 0. The molecule has 0 heteroatoms. The van der Waals surface area contributed by atoms with E-state index in [9.17, 15) is 0 Å². The van der Waals surface area contributed by atoms with Gasteiger partial charge in [0.25, 0.3) is 0 Å². The Hall–Kier alpha value is -2.08. The van der Waals surface area contributed by atoms with Crippen LogP contribution in [0.5, 0.6) is 0 Å². The predicted molar refractivity (Wildman–Crippen MR) is 80.0 cm³/mol. The van der Waals surface area contributed by atoms with E-state index in [-0.39, 0.29) is 0 Å². The van der Waals surface area contributed by atoms with Gasteiger partial charge in [-0.1, -0.05) is 66.7 Å². The number of hydrogen-bond acceptors (Lipinski definition) is 0. The lowest BCUT2D eigenvalue weighted by molar-refractivity contribution is 1.29. The van der Waals surface area contributed by atoms with Gasteiger partial charge in [-0.15, -0.1) is 0 Å². The first kappa shape index (κ1) is 11.0. The molecule has 0 aliphatic rings. The molecule has 0 N–H and O–H groups in total. The van der Waals surface area contributed by atoms with E-state index in [1.807, 2.05) is 0 Å². The Labute approximate surface area is 108 Å². The first-order chi connectivity index (χ1) is 8.90. The molecular weight excluding hydrogens is 216 g/mol. The molecule has 0 fully saturated rings. The zero-order valence-electron chi connectivity index (χ0n) is 10.6. The summed E-state index contributed by atoms with van der Waals surface area (Å²) >= 11 is 0. The third kappa shape index (κ3) is 1.80. The maximum atomic E-state index is 2.25. The van der Waals surface area contributed by atoms with Gasteiger partial charge in [0.2, 0.25) is 0 Å². The maximum absolute atomic E-state index is 2.25. The van der Waals surface area contributed by atoms with Crippen LogP contribution in [0.2, 0.25) is 0 Å². The molecule has 3 aromatic carbocycles. The number of benzene rings is 3. The molecule has 0 amide bonds. The highest BCUT2D eigenvalue weighted by atomic mass is 14.1. The summed E-state index contributed by atoms with van der Waals surface area (Å²) in [4.78, 5) is 0. The highest BCUT2D eigenvalue weighted by Gasteiger charge is 2.02. The van der Waals surface area contributed by atoms with Crippen LogP contribution in [-0.2, 0) is 6.42 Å². The largest absolute Gasteiger partial charge is 0.0913 e. The Morgan fingerprint density at radius 1 is 0.778 bits per heavy atom. The summed E-state index contributed by atoms with van der Waals surface area (Å²) in [6.45, 7) is 2.07. The number of fused-ring (bicyclic) bond motifs is 3. The van der Waals surface area contributed by atoms with E-state index >= 15 is 0 Å². The molecular formula is C18H16. The van der Waals surface area contributed by atoms with Gasteiger partial charge in [-0.3, -0.25) is 0 Å². The Morgan fingerprint density at radius 2 is 1.61 bits per heavy atom. The van der Waals surface area contributed by atoms with E-state index in [4.69, 9.17) is 0 Å². The minimum atomic E-state index is 1.01. The summed E-state index contributed by atoms with van der Waals surface area (Å²) in [5.74, 6) is 0. The van der Waals surface area contributed by atoms with Gasteiger partial charge in [0.15, 0.2) is 0 Å². The normalized spacial score (nSPS) is 11.6. The lowest BCUT2D eigenvalue weighted by Crippen LogP contribution is -1.85. The fourth-order valence-electron chi connectivity index (χ4n) is 2.53. The van der Waals surface area contributed by atoms with E-state index in [0.29, 0.717) is 0 Å². The van der Waals surface area contributed by atoms with Gasteiger partial charge in [0, 0.05) is 0 Å². The number of allylic oxidation sites excluding steroid dienone is 2. The fraction of sp³-hybridized carbons (Fsp3) is 0.111. The molecule has 0 radical (unpaired) electrons. The van der Waals surface area contributed by atoms with Crippen LogP contribution in [0.4, 0.5) is 0 Å². The third-order valence-electron chi connectivity index (χ3n) is 3.45. The van der Waals surface area contributed by atoms with Gasteiger partial charge in [-0.25, -0.2) is 0 Å². The Morgan fingerprint density at radius 3 is 2.50 bits per heavy atom. The van der Waals surface area contributed by atoms with Gasteiger partial charge < -0.3 is 0 Å². The summed E-state index contributed by atoms with van der Waals surface area (Å²) in [6, 6.07) is 19.7. The molecule has 3 rings (SSSR count). The highest BCUT2D eigenvalue weighted by Crippen LogP contribution is 2.27. The SMILES string of the molecule is CC=CCc1cccc2c1ccc1ccccc12. The van der Waals surface area contributed by atoms with E-state index in [1.54, 1.807) is 0 Å². The molecule has 0 nitrogen and oxygen atoms in total. The maximum Gasteiger partial charge on any atom is -0.00914 e. The molecule has 0 aliphatic carbocycles. The van der Waals surface area contributed by atoms with Crippen molar-refractivity contribution in [3.63, 3.8) is 0 Å². The molecule has 0 bridgehead atoms. The van der Waals surface area contributed by atoms with Crippen molar-refractivity contribution in [1.29, 1.82) is 0 Å². The van der Waals surface area contributed by atoms with Crippen LogP contribution in [0.15, 0.2) is 66.7 Å². The van der Waals surface area contributed by atoms with E-state index in [1.165, 1.54) is 27.1 Å². The highest BCUT2D eigenvalue weighted by molar-refractivity contribution is 6.08. The summed E-state index contributed by atoms with van der Waals surface area (Å²) in [7, 11) is 0. The smallest absolute Gasteiger partial charge is 0.00914 e. The van der Waals surface area contributed by atoms with Crippen LogP contribution >= 0.6 is 0 Å². The second-order valence-corrected chi connectivity index (χ2v) is 4.57. The van der Waals surface area contributed by atoms with E-state index < -0.39 is 0 Å². The topological polar surface area (TPSA) is 0 Å². The van der Waals surface area contributed by atoms with Crippen LogP contribution < -0.4 is 0 Å². The van der Waals surface area contributed by atoms with Crippen molar-refractivity contribution in [1.82, 2.24) is 0 Å². The van der Waals surface area contributed by atoms with Gasteiger partial charge in [0.05, 0.1) is 0 Å². The molecule has 0 saturated heterocycles. The van der Waals surface area contributed by atoms with Crippen molar-refractivity contribution in [3.05, 3.63) is 72.3 Å². The van der Waals surface area contributed by atoms with Crippen LogP contribution in [0, 0.1) is 0 Å². The second kappa shape index (κ2) is 4.66. The molecule has 0 aromatic heterocycles. The summed E-state index contributed by atoms with van der Waals surface area (Å²) in [5, 5.41) is 5.38. The van der Waals surface area contributed by atoms with Crippen LogP contribution in [0.1, 0.15) is 12.5 Å². The Bertz CT molecular complexity index is 720. The minimum Gasteiger partial charge on any atom is -0.0913 e. The third-order valence-corrected chi connectivity index (χ3v) is 3.45. The number of hydrogen-bond donors (Lipinski definition) is 0. The van der Waals surface area contributed by atoms with Crippen molar-refractivity contribution >= 4 is 21.5 Å². The number of rotatable bonds is 2. The molecule has 18 heavy (non-hydrogen) atoms. The van der Waals surface area contributed by atoms with Crippen molar-refractivity contribution in [2.75, 3.05) is 0 Å². The zero-order valence-corrected chi connectivity index (χ0v) is 10.6. The lowest BCUT2D eigenvalue weighted by atomic mass is 9.97. The molecule has 0 unspecified atom stereocenters. The Kier molecular flexibility index (Phi) is 2.85. The van der Waals surface area contributed by atoms with Crippen LogP contribution in [0.3, 0.4) is 0 Å². The lowest BCUT2D eigenvalue weighted by Gasteiger charge is -2.07. The van der Waals surface area contributed by atoms with E-state index in [2.05, 4.69) is 73.7 Å². The monoisotopic (exact) mass is 232 g/mol. The average Bonchev–Trinajstić information content (AvgIpc) is 2.44. The van der Waals surface area contributed by atoms with Crippen molar-refractivity contribution in [3.8, 4) is 0 Å². The quantitative estimate of drug-likeness (QED) is 0.425. The molecule has 0 heterocycles. The van der Waals surface area contributed by atoms with Gasteiger partial charge in [-0.05, 0) is 40.5 Å². The van der Waals surface area contributed by atoms with Gasteiger partial charge in [-0.2, -0.15) is 0 Å². The summed E-state index contributed by atoms with van der Waals surface area (Å²) in [6.07, 6.45) is 5.33. The van der Waals surface area contributed by atoms with Crippen LogP contribution in [0.25, 0.3) is 21.5 Å². The molecule has 0 aliphatic heterocycles. The van der Waals surface area contributed by atoms with Gasteiger partial charge in [0.1, 0.15) is 0 Å². The van der Waals surface area contributed by atoms with Crippen molar-refractivity contribution in [2.45, 2.75) is 13.3 Å². The van der Waals surface area contributed by atoms with Gasteiger partial charge >= 0.3 is 0 Å². The predicted octanol–water partition coefficient (Wildman–Crippen LogP) is 5.11. The molecule has 0 saturated carbocycles. The molecule has 3 aromatic rings. The Balaban J connectivity index is 2.32. The van der Waals surface area contributed by atoms with Crippen LogP contribution in [-0.4, -0.2) is 0 Å². The zero-order chi connectivity index (χ0) is 12.4. The van der Waals surface area contributed by atoms with Crippen molar-refractivity contribution in [2.24, 2.45) is 0 Å². The molecule has 88 valence electrons. The second-order valence-electron chi connectivity index (χ2n) is 4.57. The first-order valence-corrected chi connectivity index (χ1v) is 6.40. The van der Waals surface area contributed by atoms with E-state index in [0.717, 1.165) is 6.42 Å². The molecule has 0 spiro atoms. The summed E-state index contributed by atoms with van der Waals surface area (Å²) in [5.41, 5.74) is 1.40. The first-order valence-electron chi connectivity index (χ1n) is 6.40. The standard InChI is InChI=1S/C18H16/c1-2-3-7-14-9-6-11-18-16-10-5-4-8-15(16)12-13-17(14)18/h2-6,8-13H,7H2,1H3. The fourth-order valence-corrected chi connectivity index (χ4v) is 2.53. The molecule has 0 atom stereocenters. The minimum absolute atomic E-state index is 1.01. The average molecular weight is 232 g/mol. The van der Waals surface area contributed by atoms with Crippen molar-refractivity contribution < 1.29 is 0 Å².